The van der Waals surface area contributed by atoms with Crippen LogP contribution >= 0.6 is 12.2 Å². The summed E-state index contributed by atoms with van der Waals surface area (Å²) in [6.07, 6.45) is 4.46. The van der Waals surface area contributed by atoms with Crippen molar-refractivity contribution in [1.82, 2.24) is 14.9 Å². The smallest absolute Gasteiger partial charge is 0.262 e. The molecular formula is C19H23N3O3S. The molecule has 1 aliphatic carbocycles. The molecular weight excluding hydrogens is 350 g/mol. The minimum atomic E-state index is -0.128. The van der Waals surface area contributed by atoms with Gasteiger partial charge in [0.05, 0.1) is 17.0 Å². The second-order valence-corrected chi connectivity index (χ2v) is 7.50. The van der Waals surface area contributed by atoms with E-state index < -0.39 is 0 Å². The van der Waals surface area contributed by atoms with E-state index in [1.54, 1.807) is 18.2 Å². The predicted octanol–water partition coefficient (Wildman–Crippen LogP) is 2.77. The van der Waals surface area contributed by atoms with Crippen LogP contribution in [0.4, 0.5) is 0 Å². The van der Waals surface area contributed by atoms with Crippen LogP contribution in [0.1, 0.15) is 43.0 Å². The lowest BCUT2D eigenvalue weighted by molar-refractivity contribution is 0.0510. The SMILES string of the molecule is CCn1c(=S)[nH]c2cc(C(=O)N[C@@H]3CCC[C@H]4OCC[C@H]34)ccc2c1=O. The number of benzene rings is 1. The molecule has 138 valence electrons. The maximum Gasteiger partial charge on any atom is 0.262 e. The van der Waals surface area contributed by atoms with Gasteiger partial charge in [0.25, 0.3) is 11.5 Å². The fourth-order valence-electron chi connectivity index (χ4n) is 4.29. The highest BCUT2D eigenvalue weighted by Crippen LogP contribution is 2.34. The van der Waals surface area contributed by atoms with Gasteiger partial charge in [-0.05, 0) is 63.0 Å². The molecule has 26 heavy (non-hydrogen) atoms. The van der Waals surface area contributed by atoms with Crippen molar-refractivity contribution in [2.75, 3.05) is 6.61 Å². The summed E-state index contributed by atoms with van der Waals surface area (Å²) >= 11 is 5.25. The number of fused-ring (bicyclic) bond motifs is 2. The van der Waals surface area contributed by atoms with Crippen molar-refractivity contribution in [2.24, 2.45) is 5.92 Å². The van der Waals surface area contributed by atoms with Gasteiger partial charge in [0, 0.05) is 30.7 Å². The first-order chi connectivity index (χ1) is 12.6. The highest BCUT2D eigenvalue weighted by Gasteiger charge is 2.38. The molecule has 0 spiro atoms. The lowest BCUT2D eigenvalue weighted by Crippen LogP contribution is -2.45. The molecule has 1 aromatic heterocycles. The highest BCUT2D eigenvalue weighted by atomic mass is 32.1. The van der Waals surface area contributed by atoms with Crippen LogP contribution < -0.4 is 10.9 Å². The molecule has 1 aromatic carbocycles. The van der Waals surface area contributed by atoms with Gasteiger partial charge in [0.1, 0.15) is 0 Å². The summed E-state index contributed by atoms with van der Waals surface area (Å²) in [7, 11) is 0. The Bertz CT molecular complexity index is 965. The number of amides is 1. The average molecular weight is 373 g/mol. The van der Waals surface area contributed by atoms with Crippen LogP contribution in [0.3, 0.4) is 0 Å². The van der Waals surface area contributed by atoms with E-state index in [-0.39, 0.29) is 23.6 Å². The molecule has 6 nitrogen and oxygen atoms in total. The zero-order valence-electron chi connectivity index (χ0n) is 14.8. The fourth-order valence-corrected chi connectivity index (χ4v) is 4.61. The molecule has 4 rings (SSSR count). The molecule has 0 bridgehead atoms. The van der Waals surface area contributed by atoms with Crippen LogP contribution in [-0.4, -0.2) is 34.2 Å². The average Bonchev–Trinajstić information content (AvgIpc) is 3.11. The standard InChI is InChI=1S/C19H23N3O3S/c1-2-22-18(24)13-7-6-11(10-15(13)21-19(22)26)17(23)20-14-4-3-5-16-12(14)8-9-25-16/h6-7,10,12,14,16H,2-5,8-9H2,1H3,(H,20,23)(H,21,26)/t12-,14-,16-/m1/s1. The number of H-pyrrole nitrogens is 1. The van der Waals surface area contributed by atoms with Gasteiger partial charge in [0.15, 0.2) is 4.77 Å². The molecule has 1 amide bonds. The van der Waals surface area contributed by atoms with Crippen molar-refractivity contribution in [3.63, 3.8) is 0 Å². The second-order valence-electron chi connectivity index (χ2n) is 7.11. The maximum absolute atomic E-state index is 12.8. The number of carbonyl (C=O) groups excluding carboxylic acids is 1. The first-order valence-corrected chi connectivity index (χ1v) is 9.68. The molecule has 0 unspecified atom stereocenters. The largest absolute Gasteiger partial charge is 0.378 e. The van der Waals surface area contributed by atoms with Crippen LogP contribution in [0, 0.1) is 10.7 Å². The predicted molar refractivity (Wildman–Crippen MR) is 102 cm³/mol. The van der Waals surface area contributed by atoms with Crippen LogP contribution in [-0.2, 0) is 11.3 Å². The number of rotatable bonds is 3. The van der Waals surface area contributed by atoms with Gasteiger partial charge in [-0.1, -0.05) is 0 Å². The first-order valence-electron chi connectivity index (χ1n) is 9.28. The normalized spacial score (nSPS) is 25.2. The Hall–Kier alpha value is -1.99. The van der Waals surface area contributed by atoms with Gasteiger partial charge in [-0.2, -0.15) is 0 Å². The van der Waals surface area contributed by atoms with E-state index in [1.165, 1.54) is 4.57 Å². The van der Waals surface area contributed by atoms with E-state index in [2.05, 4.69) is 10.3 Å². The summed E-state index contributed by atoms with van der Waals surface area (Å²) < 4.78 is 7.66. The van der Waals surface area contributed by atoms with Gasteiger partial charge in [-0.15, -0.1) is 0 Å². The van der Waals surface area contributed by atoms with E-state index in [1.807, 2.05) is 6.92 Å². The molecule has 2 heterocycles. The van der Waals surface area contributed by atoms with E-state index in [0.29, 0.717) is 33.7 Å². The number of carbonyl (C=O) groups is 1. The first kappa shape index (κ1) is 17.4. The molecule has 2 aromatic rings. The molecule has 1 saturated heterocycles. The molecule has 1 aliphatic heterocycles. The van der Waals surface area contributed by atoms with Gasteiger partial charge in [-0.3, -0.25) is 14.2 Å². The van der Waals surface area contributed by atoms with Crippen molar-refractivity contribution in [3.8, 4) is 0 Å². The van der Waals surface area contributed by atoms with E-state index in [0.717, 1.165) is 32.3 Å². The third-order valence-corrected chi connectivity index (χ3v) is 5.98. The summed E-state index contributed by atoms with van der Waals surface area (Å²) in [5.41, 5.74) is 1.01. The number of aromatic amines is 1. The highest BCUT2D eigenvalue weighted by molar-refractivity contribution is 7.71. The zero-order chi connectivity index (χ0) is 18.3. The lowest BCUT2D eigenvalue weighted by atomic mass is 9.81. The van der Waals surface area contributed by atoms with Crippen LogP contribution in [0.15, 0.2) is 23.0 Å². The maximum atomic E-state index is 12.8. The second kappa shape index (κ2) is 6.96. The Morgan fingerprint density at radius 2 is 2.23 bits per heavy atom. The van der Waals surface area contributed by atoms with Gasteiger partial charge in [0.2, 0.25) is 0 Å². The zero-order valence-corrected chi connectivity index (χ0v) is 15.6. The van der Waals surface area contributed by atoms with E-state index in [9.17, 15) is 9.59 Å². The van der Waals surface area contributed by atoms with Gasteiger partial charge < -0.3 is 15.0 Å². The summed E-state index contributed by atoms with van der Waals surface area (Å²) in [6, 6.07) is 5.28. The third-order valence-electron chi connectivity index (χ3n) is 5.66. The Morgan fingerprint density at radius 3 is 3.04 bits per heavy atom. The number of aromatic nitrogens is 2. The van der Waals surface area contributed by atoms with Gasteiger partial charge in [-0.25, -0.2) is 0 Å². The Labute approximate surface area is 156 Å². The molecule has 0 radical (unpaired) electrons. The minimum absolute atomic E-state index is 0.108. The van der Waals surface area contributed by atoms with Gasteiger partial charge >= 0.3 is 0 Å². The minimum Gasteiger partial charge on any atom is -0.378 e. The summed E-state index contributed by atoms with van der Waals surface area (Å²) in [5.74, 6) is 0.305. The van der Waals surface area contributed by atoms with Crippen LogP contribution in [0.25, 0.3) is 10.9 Å². The topological polar surface area (TPSA) is 76.1 Å². The molecule has 7 heteroatoms. The number of hydrogen-bond donors (Lipinski definition) is 2. The molecule has 2 fully saturated rings. The Kier molecular flexibility index (Phi) is 4.67. The number of ether oxygens (including phenoxy) is 1. The molecule has 3 atom stereocenters. The van der Waals surface area contributed by atoms with Crippen molar-refractivity contribution in [2.45, 2.75) is 51.3 Å². The van der Waals surface area contributed by atoms with E-state index in [4.69, 9.17) is 17.0 Å². The van der Waals surface area contributed by atoms with Crippen LogP contribution in [0.5, 0.6) is 0 Å². The Morgan fingerprint density at radius 1 is 1.38 bits per heavy atom. The molecule has 2 N–H and O–H groups in total. The summed E-state index contributed by atoms with van der Waals surface area (Å²) in [4.78, 5) is 28.3. The molecule has 2 aliphatic rings. The summed E-state index contributed by atoms with van der Waals surface area (Å²) in [6.45, 7) is 3.18. The van der Waals surface area contributed by atoms with Crippen LogP contribution in [0.2, 0.25) is 0 Å². The number of hydrogen-bond acceptors (Lipinski definition) is 4. The molecule has 1 saturated carbocycles. The van der Waals surface area contributed by atoms with Crippen molar-refractivity contribution >= 4 is 29.0 Å². The van der Waals surface area contributed by atoms with Crippen molar-refractivity contribution in [3.05, 3.63) is 38.9 Å². The quantitative estimate of drug-likeness (QED) is 0.811. The Balaban J connectivity index is 1.61. The fraction of sp³-hybridized carbons (Fsp3) is 0.526. The monoisotopic (exact) mass is 373 g/mol. The van der Waals surface area contributed by atoms with Crippen molar-refractivity contribution < 1.29 is 9.53 Å². The number of nitrogens with one attached hydrogen (secondary N) is 2. The van der Waals surface area contributed by atoms with E-state index >= 15 is 0 Å². The summed E-state index contributed by atoms with van der Waals surface area (Å²) in [5, 5.41) is 3.72. The lowest BCUT2D eigenvalue weighted by Gasteiger charge is -2.33. The van der Waals surface area contributed by atoms with Crippen molar-refractivity contribution in [1.29, 1.82) is 0 Å². The third kappa shape index (κ3) is 2.99. The number of nitrogens with zero attached hydrogens (tertiary/aromatic N) is 1.